The van der Waals surface area contributed by atoms with Crippen molar-refractivity contribution in [3.63, 3.8) is 0 Å². The van der Waals surface area contributed by atoms with Crippen LogP contribution in [0.1, 0.15) is 31.1 Å². The van der Waals surface area contributed by atoms with E-state index in [1.165, 1.54) is 12.8 Å². The zero-order valence-corrected chi connectivity index (χ0v) is 9.06. The molecule has 3 N–H and O–H groups in total. The molecule has 84 valence electrons. The number of anilines is 1. The second-order valence-corrected chi connectivity index (χ2v) is 4.24. The lowest BCUT2D eigenvalue weighted by Crippen LogP contribution is -2.27. The van der Waals surface area contributed by atoms with Crippen molar-refractivity contribution in [3.8, 4) is 0 Å². The van der Waals surface area contributed by atoms with Crippen LogP contribution in [0.15, 0.2) is 18.3 Å². The van der Waals surface area contributed by atoms with E-state index in [9.17, 15) is 0 Å². The lowest BCUT2D eigenvalue weighted by Gasteiger charge is -2.20. The fourth-order valence-corrected chi connectivity index (χ4v) is 2.14. The summed E-state index contributed by atoms with van der Waals surface area (Å²) in [7, 11) is 0. The number of nitrogen functional groups attached to an aromatic ring is 1. The van der Waals surface area contributed by atoms with Crippen molar-refractivity contribution in [2.24, 2.45) is 0 Å². The SMILES string of the molecule is Nc1ccc2nc(C3CCCCN3)nn2c1. The van der Waals surface area contributed by atoms with Crippen LogP contribution in [0.5, 0.6) is 0 Å². The minimum absolute atomic E-state index is 0.301. The Kier molecular flexibility index (Phi) is 2.25. The van der Waals surface area contributed by atoms with E-state index in [2.05, 4.69) is 15.4 Å². The molecule has 3 rings (SSSR count). The van der Waals surface area contributed by atoms with E-state index in [1.54, 1.807) is 10.7 Å². The number of hydrogen-bond acceptors (Lipinski definition) is 4. The molecule has 16 heavy (non-hydrogen) atoms. The number of nitrogens with one attached hydrogen (secondary N) is 1. The Morgan fingerprint density at radius 2 is 2.31 bits per heavy atom. The molecule has 0 aromatic carbocycles. The molecule has 1 fully saturated rings. The summed E-state index contributed by atoms with van der Waals surface area (Å²) < 4.78 is 1.75. The van der Waals surface area contributed by atoms with Gasteiger partial charge in [-0.15, -0.1) is 5.10 Å². The molecule has 0 bridgehead atoms. The van der Waals surface area contributed by atoms with Gasteiger partial charge < -0.3 is 11.1 Å². The van der Waals surface area contributed by atoms with Crippen LogP contribution < -0.4 is 11.1 Å². The second kappa shape index (κ2) is 3.75. The van der Waals surface area contributed by atoms with Gasteiger partial charge in [-0.1, -0.05) is 6.42 Å². The molecule has 1 aliphatic heterocycles. The van der Waals surface area contributed by atoms with Crippen molar-refractivity contribution in [1.29, 1.82) is 0 Å². The van der Waals surface area contributed by atoms with Crippen LogP contribution in [-0.2, 0) is 0 Å². The first kappa shape index (κ1) is 9.59. The molecule has 5 heteroatoms. The van der Waals surface area contributed by atoms with Crippen molar-refractivity contribution in [3.05, 3.63) is 24.2 Å². The highest BCUT2D eigenvalue weighted by atomic mass is 15.3. The third-order valence-electron chi connectivity index (χ3n) is 2.99. The van der Waals surface area contributed by atoms with Crippen LogP contribution in [0.3, 0.4) is 0 Å². The van der Waals surface area contributed by atoms with Gasteiger partial charge >= 0.3 is 0 Å². The molecule has 3 heterocycles. The van der Waals surface area contributed by atoms with Crippen molar-refractivity contribution in [1.82, 2.24) is 19.9 Å². The van der Waals surface area contributed by atoms with E-state index < -0.39 is 0 Å². The van der Waals surface area contributed by atoms with Gasteiger partial charge in [0.2, 0.25) is 0 Å². The molecular weight excluding hydrogens is 202 g/mol. The van der Waals surface area contributed by atoms with Gasteiger partial charge in [0.15, 0.2) is 11.5 Å². The Labute approximate surface area is 93.7 Å². The summed E-state index contributed by atoms with van der Waals surface area (Å²) in [6.07, 6.45) is 5.41. The van der Waals surface area contributed by atoms with Crippen LogP contribution in [0.2, 0.25) is 0 Å². The normalized spacial score (nSPS) is 21.4. The summed E-state index contributed by atoms with van der Waals surface area (Å²) in [4.78, 5) is 4.51. The first-order valence-corrected chi connectivity index (χ1v) is 5.68. The predicted octanol–water partition coefficient (Wildman–Crippen LogP) is 1.13. The van der Waals surface area contributed by atoms with Gasteiger partial charge in [0.05, 0.1) is 17.9 Å². The smallest absolute Gasteiger partial charge is 0.168 e. The maximum Gasteiger partial charge on any atom is 0.168 e. The summed E-state index contributed by atoms with van der Waals surface area (Å²) in [6.45, 7) is 1.06. The summed E-state index contributed by atoms with van der Waals surface area (Å²) in [5.74, 6) is 0.880. The lowest BCUT2D eigenvalue weighted by atomic mass is 10.0. The second-order valence-electron chi connectivity index (χ2n) is 4.24. The van der Waals surface area contributed by atoms with E-state index in [1.807, 2.05) is 12.1 Å². The van der Waals surface area contributed by atoms with E-state index in [-0.39, 0.29) is 0 Å². The molecule has 1 saturated heterocycles. The quantitative estimate of drug-likeness (QED) is 0.751. The lowest BCUT2D eigenvalue weighted by molar-refractivity contribution is 0.397. The number of pyridine rings is 1. The first-order chi connectivity index (χ1) is 7.83. The van der Waals surface area contributed by atoms with Gasteiger partial charge in [0.1, 0.15) is 0 Å². The number of nitrogens with two attached hydrogens (primary N) is 1. The van der Waals surface area contributed by atoms with Gasteiger partial charge in [-0.05, 0) is 31.5 Å². The molecule has 0 aliphatic carbocycles. The highest BCUT2D eigenvalue weighted by Crippen LogP contribution is 2.20. The largest absolute Gasteiger partial charge is 0.397 e. The Balaban J connectivity index is 1.97. The zero-order chi connectivity index (χ0) is 11.0. The number of piperidine rings is 1. The van der Waals surface area contributed by atoms with Crippen molar-refractivity contribution < 1.29 is 0 Å². The third-order valence-corrected chi connectivity index (χ3v) is 2.99. The maximum absolute atomic E-state index is 5.71. The molecular formula is C11H15N5. The summed E-state index contributed by atoms with van der Waals surface area (Å²) in [5.41, 5.74) is 7.27. The fourth-order valence-electron chi connectivity index (χ4n) is 2.14. The van der Waals surface area contributed by atoms with Crippen LogP contribution >= 0.6 is 0 Å². The molecule has 2 aromatic heterocycles. The topological polar surface area (TPSA) is 68.2 Å². The predicted molar refractivity (Wildman–Crippen MR) is 62.0 cm³/mol. The zero-order valence-electron chi connectivity index (χ0n) is 9.06. The molecule has 0 saturated carbocycles. The van der Waals surface area contributed by atoms with Crippen LogP contribution in [0, 0.1) is 0 Å². The molecule has 1 aliphatic rings. The third kappa shape index (κ3) is 1.63. The minimum atomic E-state index is 0.301. The summed E-state index contributed by atoms with van der Waals surface area (Å²) in [5, 5.41) is 7.90. The molecule has 0 radical (unpaired) electrons. The Morgan fingerprint density at radius 1 is 1.38 bits per heavy atom. The molecule has 1 unspecified atom stereocenters. The standard InChI is InChI=1S/C11H15N5/c12-8-4-5-10-14-11(15-16(10)7-8)9-3-1-2-6-13-9/h4-5,7,9,13H,1-3,6,12H2. The summed E-state index contributed by atoms with van der Waals surface area (Å²) in [6, 6.07) is 4.05. The van der Waals surface area contributed by atoms with Crippen LogP contribution in [-0.4, -0.2) is 21.1 Å². The van der Waals surface area contributed by atoms with Crippen molar-refractivity contribution >= 4 is 11.3 Å². The fraction of sp³-hybridized carbons (Fsp3) is 0.455. The first-order valence-electron chi connectivity index (χ1n) is 5.68. The van der Waals surface area contributed by atoms with Gasteiger partial charge in [-0.3, -0.25) is 0 Å². The molecule has 0 spiro atoms. The Morgan fingerprint density at radius 3 is 3.12 bits per heavy atom. The van der Waals surface area contributed by atoms with E-state index in [4.69, 9.17) is 5.73 Å². The Bertz CT molecular complexity index is 498. The number of rotatable bonds is 1. The minimum Gasteiger partial charge on any atom is -0.397 e. The molecule has 0 amide bonds. The van der Waals surface area contributed by atoms with Crippen LogP contribution in [0.25, 0.3) is 5.65 Å². The highest BCUT2D eigenvalue weighted by Gasteiger charge is 2.18. The summed E-state index contributed by atoms with van der Waals surface area (Å²) >= 11 is 0. The van der Waals surface area contributed by atoms with Gasteiger partial charge in [0, 0.05) is 0 Å². The number of fused-ring (bicyclic) bond motifs is 1. The van der Waals surface area contributed by atoms with Gasteiger partial charge in [-0.2, -0.15) is 0 Å². The number of nitrogens with zero attached hydrogens (tertiary/aromatic N) is 3. The maximum atomic E-state index is 5.71. The van der Waals surface area contributed by atoms with Gasteiger partial charge in [0.25, 0.3) is 0 Å². The number of hydrogen-bond donors (Lipinski definition) is 2. The average Bonchev–Trinajstić information content (AvgIpc) is 2.73. The molecule has 5 nitrogen and oxygen atoms in total. The van der Waals surface area contributed by atoms with E-state index in [0.717, 1.165) is 24.4 Å². The van der Waals surface area contributed by atoms with Crippen molar-refractivity contribution in [2.75, 3.05) is 12.3 Å². The van der Waals surface area contributed by atoms with Crippen molar-refractivity contribution in [2.45, 2.75) is 25.3 Å². The number of aromatic nitrogens is 3. The molecule has 1 atom stereocenters. The van der Waals surface area contributed by atoms with Gasteiger partial charge in [-0.25, -0.2) is 9.50 Å². The molecule has 2 aromatic rings. The van der Waals surface area contributed by atoms with Crippen LogP contribution in [0.4, 0.5) is 5.69 Å². The average molecular weight is 217 g/mol. The van der Waals surface area contributed by atoms with E-state index in [0.29, 0.717) is 11.7 Å². The Hall–Kier alpha value is -1.62. The van der Waals surface area contributed by atoms with E-state index >= 15 is 0 Å². The monoisotopic (exact) mass is 217 g/mol. The highest BCUT2D eigenvalue weighted by molar-refractivity contribution is 5.46.